The molecule has 0 bridgehead atoms. The number of hydrogen-bond acceptors (Lipinski definition) is 18. The highest BCUT2D eigenvalue weighted by molar-refractivity contribution is 7.61. The van der Waals surface area contributed by atoms with Crippen molar-refractivity contribution in [2.45, 2.75) is 74.6 Å². The number of rotatable bonds is 16. The zero-order valence-corrected chi connectivity index (χ0v) is 27.5. The van der Waals surface area contributed by atoms with Crippen LogP contribution in [0.5, 0.6) is 0 Å². The van der Waals surface area contributed by atoms with Crippen LogP contribution in [0.1, 0.15) is 13.2 Å². The van der Waals surface area contributed by atoms with E-state index in [1.165, 1.54) is 0 Å². The Kier molecular flexibility index (Phi) is 13.9. The highest BCUT2D eigenvalue weighted by Crippen LogP contribution is 2.61. The maximum atomic E-state index is 14.9. The van der Waals surface area contributed by atoms with Crippen molar-refractivity contribution in [2.24, 2.45) is 0 Å². The van der Waals surface area contributed by atoms with Gasteiger partial charge in [0.15, 0.2) is 12.5 Å². The van der Waals surface area contributed by atoms with Gasteiger partial charge in [0.1, 0.15) is 42.7 Å². The quantitative estimate of drug-likeness (QED) is 0.0700. The van der Waals surface area contributed by atoms with Gasteiger partial charge in [-0.1, -0.05) is 0 Å². The molecule has 13 atom stereocenters. The number of alkyl halides is 1. The summed E-state index contributed by atoms with van der Waals surface area (Å²) in [5, 5.41) is 51.8. The topological polar surface area (TPSA) is 399 Å². The van der Waals surface area contributed by atoms with E-state index in [1.54, 1.807) is 0 Å². The van der Waals surface area contributed by atoms with Crippen molar-refractivity contribution in [3.63, 3.8) is 0 Å². The Morgan fingerprint density at radius 1 is 1.04 bits per heavy atom. The molecule has 2 saturated heterocycles. The third-order valence-electron chi connectivity index (χ3n) is 6.55. The molecular formula is C20H31FN3O23P3. The number of carbonyl (C=O) groups excluding carboxylic acids is 1. The van der Waals surface area contributed by atoms with Crippen LogP contribution in [0.2, 0.25) is 0 Å². The van der Waals surface area contributed by atoms with E-state index >= 15 is 0 Å². The third-order valence-corrected chi connectivity index (χ3v) is 9.65. The normalized spacial score (nSPS) is 32.4. The number of H-pyrrole nitrogens is 1. The number of carboxylic acid groups (broad SMARTS) is 1. The zero-order valence-electron chi connectivity index (χ0n) is 24.8. The molecule has 9 unspecified atom stereocenters. The molecule has 50 heavy (non-hydrogen) atoms. The molecule has 286 valence electrons. The van der Waals surface area contributed by atoms with Gasteiger partial charge in [-0.25, -0.2) is 27.7 Å². The summed E-state index contributed by atoms with van der Waals surface area (Å²) in [4.78, 5) is 86.6. The zero-order chi connectivity index (χ0) is 37.9. The van der Waals surface area contributed by atoms with E-state index in [0.717, 1.165) is 19.2 Å². The number of carboxylic acids is 1. The molecule has 0 aliphatic carbocycles. The van der Waals surface area contributed by atoms with Gasteiger partial charge in [0.2, 0.25) is 18.4 Å². The van der Waals surface area contributed by atoms with Crippen molar-refractivity contribution in [2.75, 3.05) is 13.2 Å². The molecule has 1 aromatic heterocycles. The molecule has 3 heterocycles. The number of aliphatic hydroxyl groups excluding tert-OH is 4. The summed E-state index contributed by atoms with van der Waals surface area (Å²) < 4.78 is 84.3. The third kappa shape index (κ3) is 11.1. The van der Waals surface area contributed by atoms with Gasteiger partial charge in [-0.2, -0.15) is 4.31 Å². The van der Waals surface area contributed by atoms with Gasteiger partial charge in [-0.3, -0.25) is 32.7 Å². The van der Waals surface area contributed by atoms with Crippen molar-refractivity contribution in [3.05, 3.63) is 33.1 Å². The minimum Gasteiger partial charge on any atom is -0.479 e. The SMILES string of the molecule is CC(=O)NC1C(OP(=O)(O)OP(=O)(O)OC[C@H]2O[C@@H](n3ccc(=O)[nH]c3=O)[C@H](O)[C@@H]2O)OC(CO)C(O)C1OC(F)C(OP(=O)(O)O)C(=O)O. The Hall–Kier alpha value is -2.36. The predicted molar refractivity (Wildman–Crippen MR) is 149 cm³/mol. The molecule has 0 saturated carbocycles. The smallest absolute Gasteiger partial charge is 0.479 e. The molecule has 30 heteroatoms. The average Bonchev–Trinajstić information content (AvgIpc) is 3.25. The predicted octanol–water partition coefficient (Wildman–Crippen LogP) is -4.77. The van der Waals surface area contributed by atoms with Crippen LogP contribution in [0.4, 0.5) is 4.39 Å². The molecule has 2 aliphatic heterocycles. The lowest BCUT2D eigenvalue weighted by Crippen LogP contribution is -2.66. The molecule has 26 nitrogen and oxygen atoms in total. The number of phosphoric acid groups is 3. The summed E-state index contributed by atoms with van der Waals surface area (Å²) in [5.74, 6) is -3.42. The van der Waals surface area contributed by atoms with Crippen LogP contribution in [-0.4, -0.2) is 141 Å². The second-order valence-electron chi connectivity index (χ2n) is 10.2. The molecular weight excluding hydrogens is 762 g/mol. The Morgan fingerprint density at radius 3 is 2.22 bits per heavy atom. The maximum Gasteiger partial charge on any atom is 0.483 e. The number of aromatic nitrogens is 2. The van der Waals surface area contributed by atoms with E-state index < -0.39 is 127 Å². The van der Waals surface area contributed by atoms with Crippen molar-refractivity contribution < 1.29 is 105 Å². The standard InChI is InChI=1S/C20H31FN3O23P3/c1-6(26)22-10-14(44-16(21)15(18(31)32)45-48(34,35)36)12(29)7(4-25)43-19(10)46-50(39,40)47-49(37,38)41-5-8-11(28)13(30)17(42-8)24-3-2-9(27)23-20(24)33/h2-3,7-8,10-17,19,25,28-30H,4-5H2,1H3,(H,22,26)(H,31,32)(H,37,38)(H,39,40)(H,23,27,33)(H2,34,35,36)/t7?,8-,10?,11-,12?,13-,14?,15?,16?,17-,19?/m1/s1. The van der Waals surface area contributed by atoms with E-state index in [1.807, 2.05) is 10.3 Å². The molecule has 1 aromatic rings. The van der Waals surface area contributed by atoms with Crippen molar-refractivity contribution in [1.82, 2.24) is 14.9 Å². The van der Waals surface area contributed by atoms with Crippen LogP contribution in [0.3, 0.4) is 0 Å². The van der Waals surface area contributed by atoms with E-state index in [9.17, 15) is 67.5 Å². The summed E-state index contributed by atoms with van der Waals surface area (Å²) in [6.07, 6.45) is -21.8. The molecule has 2 aliphatic rings. The highest BCUT2D eigenvalue weighted by Gasteiger charge is 2.53. The van der Waals surface area contributed by atoms with Gasteiger partial charge in [-0.05, 0) is 0 Å². The summed E-state index contributed by atoms with van der Waals surface area (Å²) >= 11 is 0. The molecule has 3 rings (SSSR count). The first kappa shape index (κ1) is 42.1. The van der Waals surface area contributed by atoms with Crippen molar-refractivity contribution >= 4 is 35.3 Å². The van der Waals surface area contributed by atoms with Crippen molar-refractivity contribution in [3.8, 4) is 0 Å². The largest absolute Gasteiger partial charge is 0.483 e. The molecule has 0 aromatic carbocycles. The van der Waals surface area contributed by atoms with Crippen LogP contribution in [0, 0.1) is 0 Å². The Labute approximate surface area is 276 Å². The first-order chi connectivity index (χ1) is 22.9. The summed E-state index contributed by atoms with van der Waals surface area (Å²) in [7, 11) is -17.4. The molecule has 0 spiro atoms. The Balaban J connectivity index is 1.77. The molecule has 0 radical (unpaired) electrons. The van der Waals surface area contributed by atoms with E-state index in [4.69, 9.17) is 29.1 Å². The van der Waals surface area contributed by atoms with Gasteiger partial charge >= 0.3 is 35.1 Å². The molecule has 11 N–H and O–H groups in total. The number of carbonyl (C=O) groups is 2. The second kappa shape index (κ2) is 16.5. The summed E-state index contributed by atoms with van der Waals surface area (Å²) in [5.41, 5.74) is -1.89. The van der Waals surface area contributed by atoms with Crippen molar-refractivity contribution in [1.29, 1.82) is 0 Å². The Bertz CT molecular complexity index is 1640. The number of nitrogens with zero attached hydrogens (tertiary/aromatic N) is 1. The second-order valence-corrected chi connectivity index (χ2v) is 14.4. The Morgan fingerprint density at radius 2 is 1.68 bits per heavy atom. The van der Waals surface area contributed by atoms with Crippen LogP contribution in [-0.2, 0) is 55.4 Å². The van der Waals surface area contributed by atoms with Crippen LogP contribution >= 0.6 is 23.5 Å². The number of amides is 1. The minimum absolute atomic E-state index is 0.654. The first-order valence-corrected chi connectivity index (χ1v) is 18.0. The molecule has 2 fully saturated rings. The van der Waals surface area contributed by atoms with E-state index in [-0.39, 0.29) is 0 Å². The monoisotopic (exact) mass is 793 g/mol. The average molecular weight is 793 g/mol. The van der Waals surface area contributed by atoms with Crippen LogP contribution in [0.25, 0.3) is 0 Å². The fourth-order valence-electron chi connectivity index (χ4n) is 4.48. The fraction of sp³-hybridized carbons (Fsp3) is 0.700. The number of nitrogens with one attached hydrogen (secondary N) is 2. The summed E-state index contributed by atoms with van der Waals surface area (Å²) in [6.45, 7) is -1.60. The minimum atomic E-state index is -5.98. The number of phosphoric ester groups is 3. The number of aromatic amines is 1. The number of hydrogen-bond donors (Lipinski definition) is 11. The van der Waals surface area contributed by atoms with Gasteiger partial charge in [0.05, 0.1) is 13.2 Å². The lowest BCUT2D eigenvalue weighted by atomic mass is 9.96. The summed E-state index contributed by atoms with van der Waals surface area (Å²) in [6, 6.07) is -1.32. The maximum absolute atomic E-state index is 14.9. The lowest BCUT2D eigenvalue weighted by molar-refractivity contribution is -0.278. The highest BCUT2D eigenvalue weighted by atomic mass is 31.3. The number of halogens is 1. The number of aliphatic carboxylic acids is 1. The first-order valence-electron chi connectivity index (χ1n) is 13.5. The number of aliphatic hydroxyl groups is 4. The van der Waals surface area contributed by atoms with Gasteiger partial charge in [0.25, 0.3) is 5.56 Å². The lowest BCUT2D eigenvalue weighted by Gasteiger charge is -2.44. The van der Waals surface area contributed by atoms with Gasteiger partial charge in [-0.15, -0.1) is 0 Å². The molecule has 1 amide bonds. The van der Waals surface area contributed by atoms with E-state index in [0.29, 0.717) is 4.57 Å². The van der Waals surface area contributed by atoms with E-state index in [2.05, 4.69) is 17.9 Å². The van der Waals surface area contributed by atoms with Crippen LogP contribution in [0.15, 0.2) is 21.9 Å². The van der Waals surface area contributed by atoms with Gasteiger partial charge < -0.3 is 64.6 Å². The number of ether oxygens (including phenoxy) is 3. The fourth-order valence-corrected chi connectivity index (χ4v) is 7.12. The van der Waals surface area contributed by atoms with Crippen LogP contribution < -0.4 is 16.6 Å². The van der Waals surface area contributed by atoms with Gasteiger partial charge in [0, 0.05) is 19.2 Å².